The number of ether oxygens (including phenoxy) is 1. The molecule has 4 heteroatoms. The van der Waals surface area contributed by atoms with E-state index in [0.29, 0.717) is 18.4 Å². The number of carbonyl (C=O) groups excluding carboxylic acids is 2. The maximum atomic E-state index is 13.1. The van der Waals surface area contributed by atoms with Crippen LogP contribution in [-0.2, 0) is 14.3 Å². The second kappa shape index (κ2) is 6.80. The van der Waals surface area contributed by atoms with Gasteiger partial charge in [0.1, 0.15) is 0 Å². The summed E-state index contributed by atoms with van der Waals surface area (Å²) >= 11 is 0. The Morgan fingerprint density at radius 2 is 1.90 bits per heavy atom. The molecule has 1 aliphatic carbocycles. The number of piperidine rings is 1. The van der Waals surface area contributed by atoms with E-state index >= 15 is 0 Å². The largest absolute Gasteiger partial charge is 0.469 e. The molecule has 1 atom stereocenters. The molecule has 21 heavy (non-hydrogen) atoms. The van der Waals surface area contributed by atoms with E-state index in [4.69, 9.17) is 4.74 Å². The smallest absolute Gasteiger partial charge is 0.310 e. The van der Waals surface area contributed by atoms with Crippen molar-refractivity contribution in [2.24, 2.45) is 17.3 Å². The van der Waals surface area contributed by atoms with Crippen LogP contribution >= 0.6 is 0 Å². The zero-order chi connectivity index (χ0) is 15.5. The van der Waals surface area contributed by atoms with Crippen molar-refractivity contribution in [3.05, 3.63) is 0 Å². The van der Waals surface area contributed by atoms with Gasteiger partial charge in [-0.15, -0.1) is 0 Å². The van der Waals surface area contributed by atoms with Crippen LogP contribution < -0.4 is 0 Å². The van der Waals surface area contributed by atoms with E-state index in [1.807, 2.05) is 4.90 Å². The summed E-state index contributed by atoms with van der Waals surface area (Å²) < 4.78 is 4.86. The Labute approximate surface area is 128 Å². The Bertz CT molecular complexity index is 385. The minimum Gasteiger partial charge on any atom is -0.469 e. The SMILES string of the molecule is COC(=O)[C@H]1CCCN(C(=O)C2(CC(C)C)CCCC2)C1. The van der Waals surface area contributed by atoms with Crippen LogP contribution in [0.1, 0.15) is 58.8 Å². The van der Waals surface area contributed by atoms with Crippen LogP contribution in [0.2, 0.25) is 0 Å². The zero-order valence-corrected chi connectivity index (χ0v) is 13.7. The Kier molecular flexibility index (Phi) is 5.28. The molecule has 0 unspecified atom stereocenters. The lowest BCUT2D eigenvalue weighted by Crippen LogP contribution is -2.49. The van der Waals surface area contributed by atoms with Crippen LogP contribution in [0.25, 0.3) is 0 Å². The highest BCUT2D eigenvalue weighted by atomic mass is 16.5. The molecule has 1 aliphatic heterocycles. The predicted octanol–water partition coefficient (Wildman–Crippen LogP) is 3.00. The average Bonchev–Trinajstić information content (AvgIpc) is 2.94. The maximum absolute atomic E-state index is 13.1. The van der Waals surface area contributed by atoms with Crippen molar-refractivity contribution in [1.29, 1.82) is 0 Å². The number of carbonyl (C=O) groups is 2. The van der Waals surface area contributed by atoms with Crippen molar-refractivity contribution in [3.63, 3.8) is 0 Å². The number of likely N-dealkylation sites (tertiary alicyclic amines) is 1. The van der Waals surface area contributed by atoms with Crippen molar-refractivity contribution < 1.29 is 14.3 Å². The highest BCUT2D eigenvalue weighted by molar-refractivity contribution is 5.84. The number of nitrogens with zero attached hydrogens (tertiary/aromatic N) is 1. The molecule has 0 N–H and O–H groups in total. The van der Waals surface area contributed by atoms with E-state index in [1.165, 1.54) is 7.11 Å². The third-order valence-corrected chi connectivity index (χ3v) is 5.06. The first-order valence-electron chi connectivity index (χ1n) is 8.36. The van der Waals surface area contributed by atoms with E-state index in [0.717, 1.165) is 51.5 Å². The number of methoxy groups -OCH3 is 1. The Morgan fingerprint density at radius 3 is 2.48 bits per heavy atom. The molecule has 0 aromatic carbocycles. The molecule has 2 fully saturated rings. The monoisotopic (exact) mass is 295 g/mol. The molecule has 0 radical (unpaired) electrons. The van der Waals surface area contributed by atoms with Crippen LogP contribution in [0.5, 0.6) is 0 Å². The maximum Gasteiger partial charge on any atom is 0.310 e. The van der Waals surface area contributed by atoms with Crippen molar-refractivity contribution in [3.8, 4) is 0 Å². The topological polar surface area (TPSA) is 46.6 Å². The number of esters is 1. The van der Waals surface area contributed by atoms with Gasteiger partial charge in [-0.05, 0) is 38.0 Å². The van der Waals surface area contributed by atoms with Crippen LogP contribution in [-0.4, -0.2) is 37.0 Å². The molecule has 4 nitrogen and oxygen atoms in total. The van der Waals surface area contributed by atoms with E-state index in [9.17, 15) is 9.59 Å². The Hall–Kier alpha value is -1.06. The Morgan fingerprint density at radius 1 is 1.24 bits per heavy atom. The zero-order valence-electron chi connectivity index (χ0n) is 13.7. The third-order valence-electron chi connectivity index (χ3n) is 5.06. The highest BCUT2D eigenvalue weighted by Gasteiger charge is 2.44. The molecule has 1 saturated heterocycles. The van der Waals surface area contributed by atoms with Gasteiger partial charge in [0.15, 0.2) is 0 Å². The summed E-state index contributed by atoms with van der Waals surface area (Å²) in [5.41, 5.74) is -0.161. The minimum atomic E-state index is -0.170. The second-order valence-electron chi connectivity index (χ2n) is 7.20. The van der Waals surface area contributed by atoms with E-state index in [-0.39, 0.29) is 17.3 Å². The summed E-state index contributed by atoms with van der Waals surface area (Å²) in [6.45, 7) is 5.74. The van der Waals surface area contributed by atoms with Gasteiger partial charge in [-0.3, -0.25) is 9.59 Å². The summed E-state index contributed by atoms with van der Waals surface area (Å²) in [6.07, 6.45) is 7.08. The lowest BCUT2D eigenvalue weighted by molar-refractivity contribution is -0.152. The fraction of sp³-hybridized carbons (Fsp3) is 0.882. The van der Waals surface area contributed by atoms with Crippen LogP contribution in [0.4, 0.5) is 0 Å². The molecule has 2 aliphatic rings. The van der Waals surface area contributed by atoms with Gasteiger partial charge in [0, 0.05) is 18.5 Å². The summed E-state index contributed by atoms with van der Waals surface area (Å²) in [6, 6.07) is 0. The molecule has 0 aromatic heterocycles. The van der Waals surface area contributed by atoms with E-state index in [1.54, 1.807) is 0 Å². The predicted molar refractivity (Wildman–Crippen MR) is 81.7 cm³/mol. The van der Waals surface area contributed by atoms with E-state index < -0.39 is 0 Å². The van der Waals surface area contributed by atoms with Crippen molar-refractivity contribution in [2.75, 3.05) is 20.2 Å². The van der Waals surface area contributed by atoms with Gasteiger partial charge < -0.3 is 9.64 Å². The van der Waals surface area contributed by atoms with Gasteiger partial charge in [0.05, 0.1) is 13.0 Å². The van der Waals surface area contributed by atoms with Crippen LogP contribution in [0, 0.1) is 17.3 Å². The van der Waals surface area contributed by atoms with Crippen LogP contribution in [0.15, 0.2) is 0 Å². The first-order chi connectivity index (χ1) is 9.98. The van der Waals surface area contributed by atoms with Crippen molar-refractivity contribution in [2.45, 2.75) is 58.8 Å². The first kappa shape index (κ1) is 16.3. The van der Waals surface area contributed by atoms with Gasteiger partial charge >= 0.3 is 5.97 Å². The molecular weight excluding hydrogens is 266 g/mol. The molecule has 0 bridgehead atoms. The highest BCUT2D eigenvalue weighted by Crippen LogP contribution is 2.45. The van der Waals surface area contributed by atoms with Gasteiger partial charge in [-0.25, -0.2) is 0 Å². The fourth-order valence-corrected chi connectivity index (χ4v) is 4.19. The summed E-state index contributed by atoms with van der Waals surface area (Å²) in [5.74, 6) is 0.526. The molecule has 120 valence electrons. The minimum absolute atomic E-state index is 0.134. The van der Waals surface area contributed by atoms with Crippen molar-refractivity contribution in [1.82, 2.24) is 4.90 Å². The van der Waals surface area contributed by atoms with Gasteiger partial charge in [0.2, 0.25) is 5.91 Å². The normalized spacial score (nSPS) is 25.1. The summed E-state index contributed by atoms with van der Waals surface area (Å²) in [5, 5.41) is 0. The molecular formula is C17H29NO3. The van der Waals surface area contributed by atoms with Gasteiger partial charge in [0.25, 0.3) is 0 Å². The van der Waals surface area contributed by atoms with Crippen LogP contribution in [0.3, 0.4) is 0 Å². The number of hydrogen-bond donors (Lipinski definition) is 0. The average molecular weight is 295 g/mol. The lowest BCUT2D eigenvalue weighted by Gasteiger charge is -2.39. The van der Waals surface area contributed by atoms with Gasteiger partial charge in [-0.2, -0.15) is 0 Å². The number of rotatable bonds is 4. The third kappa shape index (κ3) is 3.58. The first-order valence-corrected chi connectivity index (χ1v) is 8.36. The molecule has 1 heterocycles. The fourth-order valence-electron chi connectivity index (χ4n) is 4.19. The summed E-state index contributed by atoms with van der Waals surface area (Å²) in [4.78, 5) is 26.8. The quantitative estimate of drug-likeness (QED) is 0.749. The number of amides is 1. The molecule has 1 saturated carbocycles. The van der Waals surface area contributed by atoms with E-state index in [2.05, 4.69) is 13.8 Å². The Balaban J connectivity index is 2.08. The number of hydrogen-bond acceptors (Lipinski definition) is 3. The second-order valence-corrected chi connectivity index (χ2v) is 7.20. The lowest BCUT2D eigenvalue weighted by atomic mass is 9.76. The molecule has 1 amide bonds. The molecule has 0 spiro atoms. The van der Waals surface area contributed by atoms with Crippen molar-refractivity contribution >= 4 is 11.9 Å². The molecule has 0 aromatic rings. The molecule has 2 rings (SSSR count). The standard InChI is InChI=1S/C17H29NO3/c1-13(2)11-17(8-4-5-9-17)16(20)18-10-6-7-14(12-18)15(19)21-3/h13-14H,4-12H2,1-3H3/t14-/m0/s1. The summed E-state index contributed by atoms with van der Waals surface area (Å²) in [7, 11) is 1.43. The van der Waals surface area contributed by atoms with Gasteiger partial charge in [-0.1, -0.05) is 26.7 Å².